The SMILES string of the molecule is Fc1ccccc1-c1[nH]ncc1-c1ccc(-c2ccc(Cl)s2)cc1. The van der Waals surface area contributed by atoms with Gasteiger partial charge in [-0.05, 0) is 35.4 Å². The Hall–Kier alpha value is -2.43. The summed E-state index contributed by atoms with van der Waals surface area (Å²) in [6, 6.07) is 18.7. The second-order valence-electron chi connectivity index (χ2n) is 5.32. The number of benzene rings is 2. The fourth-order valence-corrected chi connectivity index (χ4v) is 3.71. The van der Waals surface area contributed by atoms with E-state index >= 15 is 0 Å². The monoisotopic (exact) mass is 354 g/mol. The summed E-state index contributed by atoms with van der Waals surface area (Å²) in [6.45, 7) is 0. The maximum Gasteiger partial charge on any atom is 0.132 e. The third-order valence-electron chi connectivity index (χ3n) is 3.84. The van der Waals surface area contributed by atoms with Crippen LogP contribution in [0.4, 0.5) is 4.39 Å². The summed E-state index contributed by atoms with van der Waals surface area (Å²) < 4.78 is 14.8. The molecule has 0 aliphatic rings. The van der Waals surface area contributed by atoms with Crippen molar-refractivity contribution >= 4 is 22.9 Å². The van der Waals surface area contributed by atoms with Crippen LogP contribution < -0.4 is 0 Å². The Morgan fingerprint density at radius 1 is 0.875 bits per heavy atom. The number of halogens is 2. The van der Waals surface area contributed by atoms with Crippen molar-refractivity contribution in [2.24, 2.45) is 0 Å². The number of aromatic nitrogens is 2. The Kier molecular flexibility index (Phi) is 3.92. The number of aromatic amines is 1. The first-order chi connectivity index (χ1) is 11.7. The van der Waals surface area contributed by atoms with Gasteiger partial charge >= 0.3 is 0 Å². The van der Waals surface area contributed by atoms with Gasteiger partial charge in [-0.15, -0.1) is 11.3 Å². The zero-order valence-corrected chi connectivity index (χ0v) is 14.0. The number of hydrogen-bond donors (Lipinski definition) is 1. The third-order valence-corrected chi connectivity index (χ3v) is 5.12. The van der Waals surface area contributed by atoms with Crippen molar-refractivity contribution in [2.45, 2.75) is 0 Å². The number of rotatable bonds is 3. The topological polar surface area (TPSA) is 28.7 Å². The minimum atomic E-state index is -0.271. The molecule has 1 N–H and O–H groups in total. The molecule has 2 aromatic heterocycles. The molecule has 0 radical (unpaired) electrons. The van der Waals surface area contributed by atoms with E-state index in [4.69, 9.17) is 11.6 Å². The van der Waals surface area contributed by atoms with E-state index in [1.165, 1.54) is 6.07 Å². The first-order valence-electron chi connectivity index (χ1n) is 7.37. The van der Waals surface area contributed by atoms with Crippen molar-refractivity contribution in [1.29, 1.82) is 0 Å². The van der Waals surface area contributed by atoms with Crippen molar-refractivity contribution in [3.05, 3.63) is 77.0 Å². The minimum Gasteiger partial charge on any atom is -0.277 e. The molecule has 2 nitrogen and oxygen atoms in total. The van der Waals surface area contributed by atoms with E-state index in [9.17, 15) is 4.39 Å². The summed E-state index contributed by atoms with van der Waals surface area (Å²) in [5.74, 6) is -0.271. The molecule has 0 amide bonds. The predicted molar refractivity (Wildman–Crippen MR) is 97.7 cm³/mol. The van der Waals surface area contributed by atoms with E-state index in [0.717, 1.165) is 25.9 Å². The van der Waals surface area contributed by atoms with Gasteiger partial charge in [0, 0.05) is 16.0 Å². The van der Waals surface area contributed by atoms with Crippen LogP contribution >= 0.6 is 22.9 Å². The number of thiophene rings is 1. The second-order valence-corrected chi connectivity index (χ2v) is 7.03. The summed E-state index contributed by atoms with van der Waals surface area (Å²) in [4.78, 5) is 1.12. The number of nitrogens with one attached hydrogen (secondary N) is 1. The Balaban J connectivity index is 1.73. The Bertz CT molecular complexity index is 989. The van der Waals surface area contributed by atoms with Gasteiger partial charge in [-0.3, -0.25) is 5.10 Å². The van der Waals surface area contributed by atoms with Crippen LogP contribution in [0.25, 0.3) is 32.8 Å². The average molecular weight is 355 g/mol. The molecular formula is C19H12ClFN2S. The van der Waals surface area contributed by atoms with E-state index < -0.39 is 0 Å². The minimum absolute atomic E-state index is 0.271. The van der Waals surface area contributed by atoms with Crippen LogP contribution in [0.2, 0.25) is 4.34 Å². The largest absolute Gasteiger partial charge is 0.277 e. The van der Waals surface area contributed by atoms with Gasteiger partial charge in [0.15, 0.2) is 0 Å². The summed E-state index contributed by atoms with van der Waals surface area (Å²) in [5.41, 5.74) is 4.15. The van der Waals surface area contributed by atoms with E-state index in [1.807, 2.05) is 42.5 Å². The molecule has 0 saturated heterocycles. The quantitative estimate of drug-likeness (QED) is 0.461. The van der Waals surface area contributed by atoms with Crippen LogP contribution in [0, 0.1) is 5.82 Å². The van der Waals surface area contributed by atoms with Crippen LogP contribution in [0.15, 0.2) is 66.9 Å². The first kappa shape index (κ1) is 15.1. The highest BCUT2D eigenvalue weighted by atomic mass is 35.5. The second kappa shape index (κ2) is 6.23. The highest BCUT2D eigenvalue weighted by molar-refractivity contribution is 7.19. The van der Waals surface area contributed by atoms with Crippen molar-refractivity contribution in [1.82, 2.24) is 10.2 Å². The van der Waals surface area contributed by atoms with Gasteiger partial charge in [0.1, 0.15) is 5.82 Å². The lowest BCUT2D eigenvalue weighted by Crippen LogP contribution is -1.87. The summed E-state index contributed by atoms with van der Waals surface area (Å²) in [6.07, 6.45) is 1.72. The van der Waals surface area contributed by atoms with Crippen LogP contribution in [-0.2, 0) is 0 Å². The van der Waals surface area contributed by atoms with Crippen LogP contribution in [0.5, 0.6) is 0 Å². The van der Waals surface area contributed by atoms with Crippen molar-refractivity contribution in [3.8, 4) is 32.8 Å². The number of hydrogen-bond acceptors (Lipinski definition) is 2. The van der Waals surface area contributed by atoms with Gasteiger partial charge in [-0.2, -0.15) is 5.10 Å². The van der Waals surface area contributed by atoms with Gasteiger partial charge in [0.25, 0.3) is 0 Å². The normalized spacial score (nSPS) is 10.9. The Morgan fingerprint density at radius 3 is 2.33 bits per heavy atom. The van der Waals surface area contributed by atoms with Gasteiger partial charge in [-0.1, -0.05) is 48.0 Å². The number of nitrogens with zero attached hydrogens (tertiary/aromatic N) is 1. The van der Waals surface area contributed by atoms with Crippen molar-refractivity contribution in [2.75, 3.05) is 0 Å². The van der Waals surface area contributed by atoms with Crippen LogP contribution in [0.3, 0.4) is 0 Å². The van der Waals surface area contributed by atoms with E-state index in [2.05, 4.69) is 10.2 Å². The van der Waals surface area contributed by atoms with Crippen molar-refractivity contribution < 1.29 is 4.39 Å². The highest BCUT2D eigenvalue weighted by Gasteiger charge is 2.13. The third kappa shape index (κ3) is 2.75. The lowest BCUT2D eigenvalue weighted by atomic mass is 10.00. The lowest BCUT2D eigenvalue weighted by molar-refractivity contribution is 0.630. The van der Waals surface area contributed by atoms with E-state index in [0.29, 0.717) is 11.3 Å². The molecule has 2 aromatic carbocycles. The molecule has 24 heavy (non-hydrogen) atoms. The molecule has 0 aliphatic heterocycles. The fourth-order valence-electron chi connectivity index (χ4n) is 2.66. The van der Waals surface area contributed by atoms with Crippen LogP contribution in [-0.4, -0.2) is 10.2 Å². The Morgan fingerprint density at radius 2 is 1.62 bits per heavy atom. The molecule has 5 heteroatoms. The molecule has 0 bridgehead atoms. The average Bonchev–Trinajstić information content (AvgIpc) is 3.24. The smallest absolute Gasteiger partial charge is 0.132 e. The highest BCUT2D eigenvalue weighted by Crippen LogP contribution is 2.35. The first-order valence-corrected chi connectivity index (χ1v) is 8.56. The summed E-state index contributed by atoms with van der Waals surface area (Å²) >= 11 is 7.54. The van der Waals surface area contributed by atoms with Gasteiger partial charge in [0.2, 0.25) is 0 Å². The molecule has 0 aliphatic carbocycles. The summed E-state index contributed by atoms with van der Waals surface area (Å²) in [5, 5.41) is 7.00. The molecule has 0 saturated carbocycles. The van der Waals surface area contributed by atoms with Gasteiger partial charge in [-0.25, -0.2) is 4.39 Å². The number of H-pyrrole nitrogens is 1. The molecule has 0 atom stereocenters. The van der Waals surface area contributed by atoms with E-state index in [1.54, 1.807) is 29.7 Å². The molecule has 2 heterocycles. The molecule has 0 unspecified atom stereocenters. The van der Waals surface area contributed by atoms with Gasteiger partial charge < -0.3 is 0 Å². The summed E-state index contributed by atoms with van der Waals surface area (Å²) in [7, 11) is 0. The zero-order valence-electron chi connectivity index (χ0n) is 12.5. The molecule has 4 aromatic rings. The van der Waals surface area contributed by atoms with Crippen LogP contribution in [0.1, 0.15) is 0 Å². The van der Waals surface area contributed by atoms with Crippen molar-refractivity contribution in [3.63, 3.8) is 0 Å². The standard InChI is InChI=1S/C19H12ClFN2S/c20-18-10-9-17(24-18)13-7-5-12(6-8-13)15-11-22-23-19(15)14-3-1-2-4-16(14)21/h1-11H,(H,22,23). The fraction of sp³-hybridized carbons (Fsp3) is 0. The zero-order chi connectivity index (χ0) is 16.5. The maximum atomic E-state index is 14.1. The molecule has 118 valence electrons. The molecule has 4 rings (SSSR count). The molecule has 0 spiro atoms. The Labute approximate surface area is 147 Å². The maximum absolute atomic E-state index is 14.1. The van der Waals surface area contributed by atoms with E-state index in [-0.39, 0.29) is 5.82 Å². The van der Waals surface area contributed by atoms with Gasteiger partial charge in [0.05, 0.1) is 16.2 Å². The molecular weight excluding hydrogens is 343 g/mol. The lowest BCUT2D eigenvalue weighted by Gasteiger charge is -2.06. The molecule has 0 fully saturated rings. The predicted octanol–water partition coefficient (Wildman–Crippen LogP) is 6.26.